The van der Waals surface area contributed by atoms with E-state index in [1.54, 1.807) is 0 Å². The molecule has 102 valence electrons. The van der Waals surface area contributed by atoms with E-state index in [4.69, 9.17) is 6.42 Å². The van der Waals surface area contributed by atoms with E-state index in [0.717, 1.165) is 31.5 Å². The Labute approximate surface area is 111 Å². The topological polar surface area (TPSA) is 39.7 Å². The molecular weight excluding hydrogens is 224 g/mol. The molecule has 4 nitrogen and oxygen atoms in total. The molecule has 1 aliphatic rings. The molecule has 1 rings (SSSR count). The highest BCUT2D eigenvalue weighted by molar-refractivity contribution is 5.79. The zero-order valence-electron chi connectivity index (χ0n) is 11.7. The SMILES string of the molecule is C#CCNC(=NCCN1CCCC(C)C1)NCC. The molecule has 4 heteroatoms. The Hall–Kier alpha value is -1.21. The molecule has 0 amide bonds. The summed E-state index contributed by atoms with van der Waals surface area (Å²) in [6.45, 7) is 10.1. The number of nitrogens with zero attached hydrogens (tertiary/aromatic N) is 2. The monoisotopic (exact) mass is 250 g/mol. The van der Waals surface area contributed by atoms with Gasteiger partial charge in [-0.25, -0.2) is 0 Å². The molecule has 1 saturated heterocycles. The van der Waals surface area contributed by atoms with Crippen LogP contribution in [0.2, 0.25) is 0 Å². The fraction of sp³-hybridized carbons (Fsp3) is 0.786. The Morgan fingerprint density at radius 2 is 2.33 bits per heavy atom. The maximum absolute atomic E-state index is 5.23. The van der Waals surface area contributed by atoms with Gasteiger partial charge < -0.3 is 15.5 Å². The Kier molecular flexibility index (Phi) is 7.28. The molecule has 0 aliphatic carbocycles. The molecule has 0 aromatic rings. The molecule has 0 aromatic heterocycles. The molecule has 0 bridgehead atoms. The lowest BCUT2D eigenvalue weighted by Crippen LogP contribution is -2.39. The van der Waals surface area contributed by atoms with Crippen molar-refractivity contribution in [2.24, 2.45) is 10.9 Å². The molecule has 0 aromatic carbocycles. The van der Waals surface area contributed by atoms with E-state index in [9.17, 15) is 0 Å². The fourth-order valence-corrected chi connectivity index (χ4v) is 2.27. The van der Waals surface area contributed by atoms with Crippen LogP contribution in [0.4, 0.5) is 0 Å². The van der Waals surface area contributed by atoms with Crippen LogP contribution in [0.5, 0.6) is 0 Å². The number of piperidine rings is 1. The fourth-order valence-electron chi connectivity index (χ4n) is 2.27. The highest BCUT2D eigenvalue weighted by atomic mass is 15.2. The van der Waals surface area contributed by atoms with E-state index in [2.05, 4.69) is 40.3 Å². The highest BCUT2D eigenvalue weighted by Gasteiger charge is 2.15. The van der Waals surface area contributed by atoms with Gasteiger partial charge in [0.15, 0.2) is 5.96 Å². The van der Waals surface area contributed by atoms with Crippen LogP contribution in [-0.4, -0.2) is 50.1 Å². The summed E-state index contributed by atoms with van der Waals surface area (Å²) in [5, 5.41) is 6.29. The summed E-state index contributed by atoms with van der Waals surface area (Å²) in [5.41, 5.74) is 0. The maximum Gasteiger partial charge on any atom is 0.192 e. The third-order valence-electron chi connectivity index (χ3n) is 3.13. The molecule has 1 atom stereocenters. The largest absolute Gasteiger partial charge is 0.357 e. The molecule has 1 fully saturated rings. The zero-order chi connectivity index (χ0) is 13.2. The minimum Gasteiger partial charge on any atom is -0.357 e. The van der Waals surface area contributed by atoms with Crippen LogP contribution >= 0.6 is 0 Å². The lowest BCUT2D eigenvalue weighted by Gasteiger charge is -2.30. The van der Waals surface area contributed by atoms with Crippen molar-refractivity contribution in [2.45, 2.75) is 26.7 Å². The molecule has 1 aliphatic heterocycles. The molecule has 1 heterocycles. The van der Waals surface area contributed by atoms with Crippen molar-refractivity contribution in [3.8, 4) is 12.3 Å². The van der Waals surface area contributed by atoms with Crippen molar-refractivity contribution < 1.29 is 0 Å². The van der Waals surface area contributed by atoms with Gasteiger partial charge in [-0.05, 0) is 32.2 Å². The van der Waals surface area contributed by atoms with Crippen LogP contribution in [0.1, 0.15) is 26.7 Å². The van der Waals surface area contributed by atoms with E-state index < -0.39 is 0 Å². The Balaban J connectivity index is 2.28. The normalized spacial score (nSPS) is 21.4. The zero-order valence-corrected chi connectivity index (χ0v) is 11.7. The van der Waals surface area contributed by atoms with Gasteiger partial charge in [-0.3, -0.25) is 4.99 Å². The third kappa shape index (κ3) is 5.92. The van der Waals surface area contributed by atoms with E-state index in [1.165, 1.54) is 25.9 Å². The van der Waals surface area contributed by atoms with Crippen LogP contribution in [0.15, 0.2) is 4.99 Å². The average molecular weight is 250 g/mol. The molecule has 0 radical (unpaired) electrons. The molecule has 0 saturated carbocycles. The molecule has 2 N–H and O–H groups in total. The van der Waals surface area contributed by atoms with Crippen molar-refractivity contribution in [2.75, 3.05) is 39.3 Å². The van der Waals surface area contributed by atoms with Gasteiger partial charge in [0, 0.05) is 19.6 Å². The number of likely N-dealkylation sites (tertiary alicyclic amines) is 1. The summed E-state index contributed by atoms with van der Waals surface area (Å²) >= 11 is 0. The summed E-state index contributed by atoms with van der Waals surface area (Å²) in [7, 11) is 0. The van der Waals surface area contributed by atoms with Crippen molar-refractivity contribution in [1.29, 1.82) is 0 Å². The number of nitrogens with one attached hydrogen (secondary N) is 2. The molecular formula is C14H26N4. The number of hydrogen-bond acceptors (Lipinski definition) is 2. The van der Waals surface area contributed by atoms with Crippen LogP contribution in [0.3, 0.4) is 0 Å². The predicted octanol–water partition coefficient (Wildman–Crippen LogP) is 0.907. The average Bonchev–Trinajstić information content (AvgIpc) is 2.36. The quantitative estimate of drug-likeness (QED) is 0.433. The van der Waals surface area contributed by atoms with Crippen LogP contribution < -0.4 is 10.6 Å². The lowest BCUT2D eigenvalue weighted by atomic mass is 10.0. The second-order valence-corrected chi connectivity index (χ2v) is 4.87. The first-order chi connectivity index (χ1) is 8.76. The summed E-state index contributed by atoms with van der Waals surface area (Å²) in [5.74, 6) is 4.21. The first-order valence-corrected chi connectivity index (χ1v) is 6.94. The summed E-state index contributed by atoms with van der Waals surface area (Å²) < 4.78 is 0. The minimum atomic E-state index is 0.520. The first-order valence-electron chi connectivity index (χ1n) is 6.94. The number of hydrogen-bond donors (Lipinski definition) is 2. The number of aliphatic imine (C=N–C) groups is 1. The number of terminal acetylenes is 1. The van der Waals surface area contributed by atoms with Crippen molar-refractivity contribution in [3.05, 3.63) is 0 Å². The highest BCUT2D eigenvalue weighted by Crippen LogP contribution is 2.14. The van der Waals surface area contributed by atoms with E-state index >= 15 is 0 Å². The Bertz CT molecular complexity index is 293. The predicted molar refractivity (Wildman–Crippen MR) is 77.7 cm³/mol. The standard InChI is InChI=1S/C14H26N4/c1-4-8-16-14(15-5-2)17-9-11-18-10-6-7-13(3)12-18/h1,13H,5-12H2,2-3H3,(H2,15,16,17). The van der Waals surface area contributed by atoms with Gasteiger partial charge in [0.2, 0.25) is 0 Å². The minimum absolute atomic E-state index is 0.520. The summed E-state index contributed by atoms with van der Waals surface area (Å²) in [6, 6.07) is 0. The van der Waals surface area contributed by atoms with E-state index in [1.807, 2.05) is 0 Å². The van der Waals surface area contributed by atoms with Crippen molar-refractivity contribution in [1.82, 2.24) is 15.5 Å². The van der Waals surface area contributed by atoms with E-state index in [0.29, 0.717) is 6.54 Å². The second-order valence-electron chi connectivity index (χ2n) is 4.87. The van der Waals surface area contributed by atoms with Gasteiger partial charge in [-0.1, -0.05) is 12.8 Å². The second kappa shape index (κ2) is 8.82. The van der Waals surface area contributed by atoms with Gasteiger partial charge in [0.1, 0.15) is 0 Å². The van der Waals surface area contributed by atoms with Crippen LogP contribution in [0, 0.1) is 18.3 Å². The van der Waals surface area contributed by atoms with Gasteiger partial charge in [-0.2, -0.15) is 0 Å². The van der Waals surface area contributed by atoms with Crippen molar-refractivity contribution >= 4 is 5.96 Å². The molecule has 1 unspecified atom stereocenters. The Morgan fingerprint density at radius 3 is 3.00 bits per heavy atom. The van der Waals surface area contributed by atoms with Gasteiger partial charge in [0.05, 0.1) is 13.1 Å². The number of guanidine groups is 1. The van der Waals surface area contributed by atoms with Crippen LogP contribution in [0.25, 0.3) is 0 Å². The number of rotatable bonds is 5. The Morgan fingerprint density at radius 1 is 1.50 bits per heavy atom. The summed E-state index contributed by atoms with van der Waals surface area (Å²) in [4.78, 5) is 7.03. The van der Waals surface area contributed by atoms with Crippen LogP contribution in [-0.2, 0) is 0 Å². The maximum atomic E-state index is 5.23. The summed E-state index contributed by atoms with van der Waals surface area (Å²) in [6.07, 6.45) is 7.92. The van der Waals surface area contributed by atoms with Crippen molar-refractivity contribution in [3.63, 3.8) is 0 Å². The third-order valence-corrected chi connectivity index (χ3v) is 3.13. The van der Waals surface area contributed by atoms with Gasteiger partial charge in [0.25, 0.3) is 0 Å². The van der Waals surface area contributed by atoms with Gasteiger partial charge in [-0.15, -0.1) is 6.42 Å². The lowest BCUT2D eigenvalue weighted by molar-refractivity contribution is 0.189. The molecule has 18 heavy (non-hydrogen) atoms. The first kappa shape index (κ1) is 14.8. The smallest absolute Gasteiger partial charge is 0.192 e. The van der Waals surface area contributed by atoms with E-state index in [-0.39, 0.29) is 0 Å². The van der Waals surface area contributed by atoms with Gasteiger partial charge >= 0.3 is 0 Å². The molecule has 0 spiro atoms.